The molecular weight excluding hydrogens is 334 g/mol. The van der Waals surface area contributed by atoms with E-state index in [4.69, 9.17) is 14.2 Å². The molecule has 0 radical (unpaired) electrons. The fourth-order valence-corrected chi connectivity index (χ4v) is 3.22. The lowest BCUT2D eigenvalue weighted by atomic mass is 10.00. The van der Waals surface area contributed by atoms with Crippen LogP contribution in [0.3, 0.4) is 0 Å². The molecular formula is C20H27NO5. The molecule has 1 heterocycles. The Balaban J connectivity index is 1.92. The van der Waals surface area contributed by atoms with Crippen molar-refractivity contribution in [3.8, 4) is 11.5 Å². The van der Waals surface area contributed by atoms with E-state index in [1.165, 1.54) is 13.2 Å². The first kappa shape index (κ1) is 19.8. The lowest BCUT2D eigenvalue weighted by Gasteiger charge is -2.35. The Bertz CT molecular complexity index is 656. The van der Waals surface area contributed by atoms with Crippen LogP contribution in [0.1, 0.15) is 38.2 Å². The molecule has 6 heteroatoms. The fraction of sp³-hybridized carbons (Fsp3) is 0.500. The van der Waals surface area contributed by atoms with Crippen molar-refractivity contribution >= 4 is 18.0 Å². The normalized spacial score (nSPS) is 17.2. The number of likely N-dealkylation sites (tertiary alicyclic amines) is 1. The van der Waals surface area contributed by atoms with Crippen LogP contribution < -0.4 is 9.47 Å². The highest BCUT2D eigenvalue weighted by Crippen LogP contribution is 2.31. The standard InChI is InChI=1S/C20H27NO5/c1-4-16-9-5-6-13-21(16)18(22)14-26-19(23)12-11-15-8-7-10-17(24-2)20(15)25-3/h7-8,10-12,16H,4-6,9,13-14H2,1-3H3/b12-11+/t16-/m1/s1. The fourth-order valence-electron chi connectivity index (χ4n) is 3.22. The summed E-state index contributed by atoms with van der Waals surface area (Å²) in [6, 6.07) is 5.63. The minimum absolute atomic E-state index is 0.128. The van der Waals surface area contributed by atoms with Crippen molar-refractivity contribution in [2.75, 3.05) is 27.4 Å². The Kier molecular flexibility index (Phi) is 7.51. The van der Waals surface area contributed by atoms with Crippen molar-refractivity contribution in [2.24, 2.45) is 0 Å². The van der Waals surface area contributed by atoms with Gasteiger partial charge in [-0.25, -0.2) is 4.79 Å². The van der Waals surface area contributed by atoms with E-state index < -0.39 is 5.97 Å². The summed E-state index contributed by atoms with van der Waals surface area (Å²) in [5.41, 5.74) is 0.692. The molecule has 1 saturated heterocycles. The van der Waals surface area contributed by atoms with E-state index in [0.717, 1.165) is 32.2 Å². The first-order chi connectivity index (χ1) is 12.6. The number of carbonyl (C=O) groups is 2. The van der Waals surface area contributed by atoms with Crippen molar-refractivity contribution in [2.45, 2.75) is 38.6 Å². The Morgan fingerprint density at radius 3 is 2.73 bits per heavy atom. The molecule has 142 valence electrons. The summed E-state index contributed by atoms with van der Waals surface area (Å²) in [5, 5.41) is 0. The van der Waals surface area contributed by atoms with Gasteiger partial charge in [0.15, 0.2) is 18.1 Å². The maximum absolute atomic E-state index is 12.3. The molecule has 1 fully saturated rings. The number of amides is 1. The van der Waals surface area contributed by atoms with Crippen LogP contribution in [-0.4, -0.2) is 50.2 Å². The molecule has 0 saturated carbocycles. The summed E-state index contributed by atoms with van der Waals surface area (Å²) in [6.45, 7) is 2.59. The van der Waals surface area contributed by atoms with E-state index in [9.17, 15) is 9.59 Å². The van der Waals surface area contributed by atoms with Gasteiger partial charge in [-0.2, -0.15) is 0 Å². The topological polar surface area (TPSA) is 65.1 Å². The minimum Gasteiger partial charge on any atom is -0.493 e. The maximum Gasteiger partial charge on any atom is 0.331 e. The summed E-state index contributed by atoms with van der Waals surface area (Å²) in [7, 11) is 3.09. The van der Waals surface area contributed by atoms with Crippen molar-refractivity contribution in [1.29, 1.82) is 0 Å². The second-order valence-corrected chi connectivity index (χ2v) is 6.17. The maximum atomic E-state index is 12.3. The molecule has 1 amide bonds. The average Bonchev–Trinajstić information content (AvgIpc) is 2.69. The van der Waals surface area contributed by atoms with Gasteiger partial charge in [0.2, 0.25) is 0 Å². The molecule has 1 aliphatic heterocycles. The molecule has 1 atom stereocenters. The van der Waals surface area contributed by atoms with Gasteiger partial charge >= 0.3 is 5.97 Å². The van der Waals surface area contributed by atoms with E-state index in [2.05, 4.69) is 6.92 Å². The zero-order valence-corrected chi connectivity index (χ0v) is 15.7. The summed E-state index contributed by atoms with van der Waals surface area (Å²) in [6.07, 6.45) is 6.97. The summed E-state index contributed by atoms with van der Waals surface area (Å²) in [5.74, 6) is 0.425. The van der Waals surface area contributed by atoms with Crippen LogP contribution in [-0.2, 0) is 14.3 Å². The van der Waals surface area contributed by atoms with Gasteiger partial charge in [-0.3, -0.25) is 4.79 Å². The van der Waals surface area contributed by atoms with Crippen LogP contribution in [0.2, 0.25) is 0 Å². The molecule has 1 aromatic rings. The number of benzene rings is 1. The third-order valence-electron chi connectivity index (χ3n) is 4.59. The Morgan fingerprint density at radius 2 is 2.04 bits per heavy atom. The summed E-state index contributed by atoms with van der Waals surface area (Å²) >= 11 is 0. The molecule has 0 unspecified atom stereocenters. The summed E-state index contributed by atoms with van der Waals surface area (Å²) < 4.78 is 15.7. The molecule has 26 heavy (non-hydrogen) atoms. The van der Waals surface area contributed by atoms with Gasteiger partial charge in [-0.1, -0.05) is 19.1 Å². The van der Waals surface area contributed by atoms with Crippen LogP contribution >= 0.6 is 0 Å². The number of piperidine rings is 1. The van der Waals surface area contributed by atoms with Crippen LogP contribution in [0.15, 0.2) is 24.3 Å². The number of hydrogen-bond acceptors (Lipinski definition) is 5. The van der Waals surface area contributed by atoms with Crippen LogP contribution in [0.4, 0.5) is 0 Å². The largest absolute Gasteiger partial charge is 0.493 e. The lowest BCUT2D eigenvalue weighted by molar-refractivity contribution is -0.150. The molecule has 0 aliphatic carbocycles. The monoisotopic (exact) mass is 361 g/mol. The Morgan fingerprint density at radius 1 is 1.23 bits per heavy atom. The van der Waals surface area contributed by atoms with Gasteiger partial charge in [0.1, 0.15) is 0 Å². The third kappa shape index (κ3) is 5.00. The smallest absolute Gasteiger partial charge is 0.331 e. The van der Waals surface area contributed by atoms with Gasteiger partial charge < -0.3 is 19.1 Å². The van der Waals surface area contributed by atoms with Gasteiger partial charge in [0.05, 0.1) is 14.2 Å². The number of rotatable bonds is 7. The van der Waals surface area contributed by atoms with E-state index in [1.54, 1.807) is 31.4 Å². The molecule has 0 aromatic heterocycles. The first-order valence-electron chi connectivity index (χ1n) is 8.96. The minimum atomic E-state index is -0.562. The average molecular weight is 361 g/mol. The Labute approximate surface area is 154 Å². The molecule has 2 rings (SSSR count). The van der Waals surface area contributed by atoms with E-state index in [-0.39, 0.29) is 18.6 Å². The molecule has 1 aromatic carbocycles. The van der Waals surface area contributed by atoms with Crippen molar-refractivity contribution < 1.29 is 23.8 Å². The number of hydrogen-bond donors (Lipinski definition) is 0. The number of para-hydroxylation sites is 1. The first-order valence-corrected chi connectivity index (χ1v) is 8.96. The SMILES string of the molecule is CC[C@@H]1CCCCN1C(=O)COC(=O)/C=C/c1cccc(OC)c1OC. The summed E-state index contributed by atoms with van der Waals surface area (Å²) in [4.78, 5) is 26.1. The zero-order valence-electron chi connectivity index (χ0n) is 15.7. The predicted octanol–water partition coefficient (Wildman–Crippen LogP) is 3.05. The Hall–Kier alpha value is -2.50. The highest BCUT2D eigenvalue weighted by molar-refractivity contribution is 5.90. The van der Waals surface area contributed by atoms with E-state index >= 15 is 0 Å². The van der Waals surface area contributed by atoms with Gasteiger partial charge in [0, 0.05) is 24.2 Å². The van der Waals surface area contributed by atoms with Gasteiger partial charge in [0.25, 0.3) is 5.91 Å². The molecule has 0 bridgehead atoms. The van der Waals surface area contributed by atoms with Crippen LogP contribution in [0.25, 0.3) is 6.08 Å². The lowest BCUT2D eigenvalue weighted by Crippen LogP contribution is -2.45. The second kappa shape index (κ2) is 9.85. The highest BCUT2D eigenvalue weighted by atomic mass is 16.5. The molecule has 1 aliphatic rings. The van der Waals surface area contributed by atoms with Crippen molar-refractivity contribution in [1.82, 2.24) is 4.90 Å². The quantitative estimate of drug-likeness (QED) is 0.552. The number of carbonyl (C=O) groups excluding carboxylic acids is 2. The molecule has 0 spiro atoms. The number of nitrogens with zero attached hydrogens (tertiary/aromatic N) is 1. The molecule has 0 N–H and O–H groups in total. The number of esters is 1. The van der Waals surface area contributed by atoms with Gasteiger partial charge in [-0.15, -0.1) is 0 Å². The van der Waals surface area contributed by atoms with Crippen molar-refractivity contribution in [3.05, 3.63) is 29.8 Å². The second-order valence-electron chi connectivity index (χ2n) is 6.17. The predicted molar refractivity (Wildman–Crippen MR) is 99.2 cm³/mol. The van der Waals surface area contributed by atoms with Crippen LogP contribution in [0.5, 0.6) is 11.5 Å². The zero-order chi connectivity index (χ0) is 18.9. The third-order valence-corrected chi connectivity index (χ3v) is 4.59. The van der Waals surface area contributed by atoms with Crippen LogP contribution in [0, 0.1) is 0 Å². The number of ether oxygens (including phenoxy) is 3. The number of methoxy groups -OCH3 is 2. The van der Waals surface area contributed by atoms with Gasteiger partial charge in [-0.05, 0) is 37.8 Å². The van der Waals surface area contributed by atoms with Crippen molar-refractivity contribution in [3.63, 3.8) is 0 Å². The van der Waals surface area contributed by atoms with E-state index in [0.29, 0.717) is 17.1 Å². The highest BCUT2D eigenvalue weighted by Gasteiger charge is 2.25. The molecule has 6 nitrogen and oxygen atoms in total. The van der Waals surface area contributed by atoms with E-state index in [1.807, 2.05) is 4.90 Å².